The largest absolute Gasteiger partial charge is 0.326 e. The van der Waals surface area contributed by atoms with Gasteiger partial charge in [-0.25, -0.2) is 0 Å². The van der Waals surface area contributed by atoms with Crippen LogP contribution in [0, 0.1) is 11.3 Å². The number of hydrogen-bond acceptors (Lipinski definition) is 1. The van der Waals surface area contributed by atoms with Crippen LogP contribution in [0.2, 0.25) is 0 Å². The predicted molar refractivity (Wildman–Crippen MR) is 44.0 cm³/mol. The molecule has 1 nitrogen and oxygen atoms in total. The molecule has 0 unspecified atom stereocenters. The van der Waals surface area contributed by atoms with Crippen LogP contribution < -0.4 is 0 Å². The minimum Gasteiger partial charge on any atom is -0.192 e. The van der Waals surface area contributed by atoms with Crippen LogP contribution in [0.4, 0.5) is 8.78 Å². The number of rotatable bonds is 1. The van der Waals surface area contributed by atoms with Crippen molar-refractivity contribution in [2.75, 3.05) is 0 Å². The highest BCUT2D eigenvalue weighted by molar-refractivity contribution is 9.09. The molecule has 0 N–H and O–H groups in total. The molecule has 62 valence electrons. The molecule has 0 atom stereocenters. The van der Waals surface area contributed by atoms with Crippen LogP contribution in [-0.2, 0) is 4.83 Å². The second-order valence-electron chi connectivity index (χ2n) is 2.19. The lowest BCUT2D eigenvalue weighted by Gasteiger charge is -2.07. The van der Waals surface area contributed by atoms with E-state index in [0.29, 0.717) is 0 Å². The Hall–Kier alpha value is -0.950. The summed E-state index contributed by atoms with van der Waals surface area (Å²) in [6, 6.07) is 7.09. The first-order chi connectivity index (χ1) is 5.54. The summed E-state index contributed by atoms with van der Waals surface area (Å²) in [7, 11) is 0. The number of nitrogens with zero attached hydrogens (tertiary/aromatic N) is 1. The van der Waals surface area contributed by atoms with E-state index in [9.17, 15) is 8.78 Å². The van der Waals surface area contributed by atoms with Crippen molar-refractivity contribution in [2.45, 2.75) is 4.83 Å². The molecule has 12 heavy (non-hydrogen) atoms. The van der Waals surface area contributed by atoms with Gasteiger partial charge in [0, 0.05) is 5.56 Å². The monoisotopic (exact) mass is 231 g/mol. The predicted octanol–water partition coefficient (Wildman–Crippen LogP) is 3.00. The molecule has 0 fully saturated rings. The minimum atomic E-state index is -3.06. The van der Waals surface area contributed by atoms with E-state index in [1.54, 1.807) is 6.07 Å². The maximum absolute atomic E-state index is 12.6. The molecule has 1 aromatic carbocycles. The van der Waals surface area contributed by atoms with Crippen LogP contribution in [0.25, 0.3) is 0 Å². The highest BCUT2D eigenvalue weighted by atomic mass is 79.9. The lowest BCUT2D eigenvalue weighted by atomic mass is 10.1. The van der Waals surface area contributed by atoms with Crippen LogP contribution in [0.3, 0.4) is 0 Å². The van der Waals surface area contributed by atoms with Crippen molar-refractivity contribution in [3.05, 3.63) is 35.4 Å². The third kappa shape index (κ3) is 2.02. The van der Waals surface area contributed by atoms with Crippen molar-refractivity contribution in [2.24, 2.45) is 0 Å². The molecule has 0 aliphatic carbocycles. The number of alkyl halides is 3. The van der Waals surface area contributed by atoms with E-state index in [-0.39, 0.29) is 11.1 Å². The summed E-state index contributed by atoms with van der Waals surface area (Å²) in [6.07, 6.45) is 0. The van der Waals surface area contributed by atoms with E-state index >= 15 is 0 Å². The molecule has 0 saturated carbocycles. The quantitative estimate of drug-likeness (QED) is 0.682. The molecule has 0 bridgehead atoms. The van der Waals surface area contributed by atoms with Gasteiger partial charge in [-0.05, 0) is 28.1 Å². The molecule has 1 aromatic rings. The standard InChI is InChI=1S/C8H4BrF2N/c9-8(10,11)7-3-1-2-6(4-7)5-12/h1-4H. The summed E-state index contributed by atoms with van der Waals surface area (Å²) >= 11 is 2.21. The second kappa shape index (κ2) is 3.20. The van der Waals surface area contributed by atoms with E-state index in [1.165, 1.54) is 18.2 Å². The summed E-state index contributed by atoms with van der Waals surface area (Å²) in [5, 5.41) is 8.42. The van der Waals surface area contributed by atoms with Crippen molar-refractivity contribution >= 4 is 15.9 Å². The van der Waals surface area contributed by atoms with Gasteiger partial charge in [-0.2, -0.15) is 14.0 Å². The Bertz CT molecular complexity index is 325. The smallest absolute Gasteiger partial charge is 0.192 e. The molecular formula is C8H4BrF2N. The SMILES string of the molecule is N#Cc1cccc(C(F)(F)Br)c1. The van der Waals surface area contributed by atoms with E-state index in [4.69, 9.17) is 5.26 Å². The maximum atomic E-state index is 12.6. The van der Waals surface area contributed by atoms with Crippen molar-refractivity contribution in [1.82, 2.24) is 0 Å². The van der Waals surface area contributed by atoms with Gasteiger partial charge in [-0.15, -0.1) is 0 Å². The first kappa shape index (κ1) is 9.14. The van der Waals surface area contributed by atoms with Gasteiger partial charge in [0.15, 0.2) is 0 Å². The Morgan fingerprint density at radius 1 is 1.42 bits per heavy atom. The van der Waals surface area contributed by atoms with Crippen molar-refractivity contribution < 1.29 is 8.78 Å². The summed E-state index contributed by atoms with van der Waals surface area (Å²) in [5.41, 5.74) is 0.0215. The van der Waals surface area contributed by atoms with Crippen LogP contribution in [-0.4, -0.2) is 0 Å². The average Bonchev–Trinajstić information content (AvgIpc) is 2.03. The van der Waals surface area contributed by atoms with Crippen LogP contribution in [0.1, 0.15) is 11.1 Å². The summed E-state index contributed by atoms with van der Waals surface area (Å²) in [5.74, 6) is 0. The lowest BCUT2D eigenvalue weighted by Crippen LogP contribution is -2.01. The molecule has 0 aliphatic rings. The Morgan fingerprint density at radius 2 is 2.08 bits per heavy atom. The Kier molecular flexibility index (Phi) is 2.43. The first-order valence-electron chi connectivity index (χ1n) is 3.11. The highest BCUT2D eigenvalue weighted by Crippen LogP contribution is 2.34. The van der Waals surface area contributed by atoms with Crippen molar-refractivity contribution in [3.8, 4) is 6.07 Å². The van der Waals surface area contributed by atoms with E-state index < -0.39 is 4.83 Å². The normalized spacial score (nSPS) is 10.8. The van der Waals surface area contributed by atoms with Gasteiger partial charge in [0.05, 0.1) is 11.6 Å². The van der Waals surface area contributed by atoms with Gasteiger partial charge < -0.3 is 0 Å². The fraction of sp³-hybridized carbons (Fsp3) is 0.125. The zero-order valence-corrected chi connectivity index (χ0v) is 7.48. The Balaban J connectivity index is 3.13. The van der Waals surface area contributed by atoms with E-state index in [2.05, 4.69) is 15.9 Å². The fourth-order valence-electron chi connectivity index (χ4n) is 0.765. The Labute approximate surface area is 76.8 Å². The average molecular weight is 232 g/mol. The molecule has 0 radical (unpaired) electrons. The molecule has 0 spiro atoms. The molecule has 0 amide bonds. The van der Waals surface area contributed by atoms with Gasteiger partial charge in [0.25, 0.3) is 0 Å². The topological polar surface area (TPSA) is 23.8 Å². The molecule has 0 aliphatic heterocycles. The summed E-state index contributed by atoms with van der Waals surface area (Å²) in [4.78, 5) is -3.06. The molecule has 4 heteroatoms. The van der Waals surface area contributed by atoms with Gasteiger partial charge in [-0.1, -0.05) is 12.1 Å². The molecule has 0 aromatic heterocycles. The summed E-state index contributed by atoms with van der Waals surface area (Å²) < 4.78 is 25.2. The Morgan fingerprint density at radius 3 is 2.58 bits per heavy atom. The van der Waals surface area contributed by atoms with Crippen LogP contribution in [0.15, 0.2) is 24.3 Å². The third-order valence-electron chi connectivity index (χ3n) is 1.32. The number of nitriles is 1. The second-order valence-corrected chi connectivity index (χ2v) is 3.19. The third-order valence-corrected chi connectivity index (χ3v) is 1.78. The van der Waals surface area contributed by atoms with Crippen molar-refractivity contribution in [3.63, 3.8) is 0 Å². The minimum absolute atomic E-state index is 0.207. The lowest BCUT2D eigenvalue weighted by molar-refractivity contribution is 0.114. The van der Waals surface area contributed by atoms with Gasteiger partial charge in [-0.3, -0.25) is 0 Å². The van der Waals surface area contributed by atoms with E-state index in [1.807, 2.05) is 0 Å². The number of benzene rings is 1. The van der Waals surface area contributed by atoms with Gasteiger partial charge in [0.1, 0.15) is 0 Å². The molecular weight excluding hydrogens is 228 g/mol. The fourth-order valence-corrected chi connectivity index (χ4v) is 1.01. The van der Waals surface area contributed by atoms with Gasteiger partial charge >= 0.3 is 4.83 Å². The van der Waals surface area contributed by atoms with E-state index in [0.717, 1.165) is 6.07 Å². The molecule has 0 heterocycles. The number of hydrogen-bond donors (Lipinski definition) is 0. The maximum Gasteiger partial charge on any atom is 0.326 e. The van der Waals surface area contributed by atoms with Crippen LogP contribution >= 0.6 is 15.9 Å². The zero-order valence-electron chi connectivity index (χ0n) is 5.89. The summed E-state index contributed by atoms with van der Waals surface area (Å²) in [6.45, 7) is 0. The molecule has 0 saturated heterocycles. The van der Waals surface area contributed by atoms with Crippen molar-refractivity contribution in [1.29, 1.82) is 5.26 Å². The molecule has 1 rings (SSSR count). The first-order valence-corrected chi connectivity index (χ1v) is 3.90. The number of halogens is 3. The van der Waals surface area contributed by atoms with Crippen LogP contribution in [0.5, 0.6) is 0 Å². The van der Waals surface area contributed by atoms with Gasteiger partial charge in [0.2, 0.25) is 0 Å². The zero-order chi connectivity index (χ0) is 9.19. The highest BCUT2D eigenvalue weighted by Gasteiger charge is 2.26.